The highest BCUT2D eigenvalue weighted by Crippen LogP contribution is 2.10. The molecule has 0 aliphatic carbocycles. The lowest BCUT2D eigenvalue weighted by Crippen LogP contribution is -2.36. The third-order valence-corrected chi connectivity index (χ3v) is 1.57. The van der Waals surface area contributed by atoms with Crippen molar-refractivity contribution in [2.75, 3.05) is 19.5 Å². The van der Waals surface area contributed by atoms with Crippen LogP contribution in [0.2, 0.25) is 0 Å². The molecular weight excluding hydrogens is 182 g/mol. The van der Waals surface area contributed by atoms with Crippen molar-refractivity contribution in [1.82, 2.24) is 10.4 Å². The number of rotatable bonds is 2. The number of aliphatic imine (C=N–C) groups is 1. The number of hydrogen-bond donors (Lipinski definition) is 3. The maximum absolute atomic E-state index is 5.20. The van der Waals surface area contributed by atoms with E-state index in [1.807, 2.05) is 6.07 Å². The predicted octanol–water partition coefficient (Wildman–Crippen LogP) is -0.0488. The van der Waals surface area contributed by atoms with Gasteiger partial charge in [-0.1, -0.05) is 0 Å². The number of hydrogen-bond acceptors (Lipinski definition) is 4. The Balaban J connectivity index is 2.68. The van der Waals surface area contributed by atoms with Crippen molar-refractivity contribution in [3.8, 4) is 5.88 Å². The van der Waals surface area contributed by atoms with Crippen LogP contribution in [0, 0.1) is 0 Å². The molecule has 0 aliphatic rings. The minimum atomic E-state index is 0.469. The summed E-state index contributed by atoms with van der Waals surface area (Å²) in [7, 11) is 3.19. The molecule has 0 fully saturated rings. The van der Waals surface area contributed by atoms with Crippen molar-refractivity contribution in [3.63, 3.8) is 0 Å². The van der Waals surface area contributed by atoms with Crippen molar-refractivity contribution in [2.24, 2.45) is 10.8 Å². The molecule has 1 aromatic rings. The number of nitrogens with two attached hydrogens (primary N) is 1. The number of methoxy groups -OCH3 is 1. The second-order valence-electron chi connectivity index (χ2n) is 2.43. The molecule has 0 aromatic carbocycles. The third kappa shape index (κ3) is 2.60. The largest absolute Gasteiger partial charge is 0.481 e. The summed E-state index contributed by atoms with van der Waals surface area (Å²) in [5.41, 5.74) is 3.19. The summed E-state index contributed by atoms with van der Waals surface area (Å²) in [5, 5.41) is 2.93. The van der Waals surface area contributed by atoms with E-state index in [2.05, 4.69) is 20.7 Å². The van der Waals surface area contributed by atoms with Crippen molar-refractivity contribution >= 4 is 11.6 Å². The van der Waals surface area contributed by atoms with Gasteiger partial charge in [-0.3, -0.25) is 10.4 Å². The first-order chi connectivity index (χ1) is 6.80. The Kier molecular flexibility index (Phi) is 3.69. The van der Waals surface area contributed by atoms with Gasteiger partial charge in [-0.25, -0.2) is 10.8 Å². The lowest BCUT2D eigenvalue weighted by atomic mass is 10.4. The monoisotopic (exact) mass is 195 g/mol. The number of aromatic nitrogens is 1. The highest BCUT2D eigenvalue weighted by Gasteiger charge is 1.97. The second-order valence-corrected chi connectivity index (χ2v) is 2.43. The predicted molar refractivity (Wildman–Crippen MR) is 55.1 cm³/mol. The Morgan fingerprint density at radius 3 is 2.79 bits per heavy atom. The number of ether oxygens (including phenoxy) is 1. The number of nitrogens with one attached hydrogen (secondary N) is 2. The van der Waals surface area contributed by atoms with Gasteiger partial charge >= 0.3 is 0 Å². The molecule has 0 atom stereocenters. The van der Waals surface area contributed by atoms with E-state index in [0.29, 0.717) is 11.8 Å². The lowest BCUT2D eigenvalue weighted by molar-refractivity contribution is 0.398. The van der Waals surface area contributed by atoms with Crippen LogP contribution in [-0.4, -0.2) is 25.1 Å². The topological polar surface area (TPSA) is 84.6 Å². The van der Waals surface area contributed by atoms with Crippen LogP contribution in [0.1, 0.15) is 0 Å². The molecule has 0 aliphatic heterocycles. The van der Waals surface area contributed by atoms with Crippen molar-refractivity contribution < 1.29 is 4.74 Å². The molecule has 0 saturated carbocycles. The molecule has 1 rings (SSSR count). The zero-order chi connectivity index (χ0) is 10.4. The average molecular weight is 195 g/mol. The Morgan fingerprint density at radius 2 is 2.36 bits per heavy atom. The van der Waals surface area contributed by atoms with Crippen molar-refractivity contribution in [2.45, 2.75) is 0 Å². The Labute approximate surface area is 82.2 Å². The zero-order valence-electron chi connectivity index (χ0n) is 8.11. The van der Waals surface area contributed by atoms with Crippen molar-refractivity contribution in [1.29, 1.82) is 0 Å². The van der Waals surface area contributed by atoms with Crippen LogP contribution >= 0.6 is 0 Å². The normalized spacial score (nSPS) is 10.9. The van der Waals surface area contributed by atoms with Gasteiger partial charge in [0.15, 0.2) is 0 Å². The number of nitrogens with zero attached hydrogens (tertiary/aromatic N) is 2. The quantitative estimate of drug-likeness (QED) is 0.267. The molecule has 6 heteroatoms. The Bertz CT molecular complexity index is 308. The van der Waals surface area contributed by atoms with Crippen LogP contribution in [0.4, 0.5) is 5.69 Å². The second kappa shape index (κ2) is 5.03. The molecule has 14 heavy (non-hydrogen) atoms. The smallest absolute Gasteiger partial charge is 0.213 e. The molecule has 1 aromatic heterocycles. The molecule has 0 bridgehead atoms. The SMILES string of the molecule is CN=C(NN)Nc1ccc(OC)nc1. The lowest BCUT2D eigenvalue weighted by Gasteiger charge is -2.07. The fourth-order valence-electron chi connectivity index (χ4n) is 0.868. The van der Waals surface area contributed by atoms with E-state index in [-0.39, 0.29) is 0 Å². The van der Waals surface area contributed by atoms with E-state index >= 15 is 0 Å². The molecule has 4 N–H and O–H groups in total. The van der Waals surface area contributed by atoms with Gasteiger partial charge in [0.25, 0.3) is 0 Å². The zero-order valence-corrected chi connectivity index (χ0v) is 8.11. The van der Waals surface area contributed by atoms with E-state index in [4.69, 9.17) is 10.6 Å². The Hall–Kier alpha value is -1.82. The maximum Gasteiger partial charge on any atom is 0.213 e. The van der Waals surface area contributed by atoms with E-state index in [1.54, 1.807) is 26.4 Å². The highest BCUT2D eigenvalue weighted by atomic mass is 16.5. The maximum atomic E-state index is 5.20. The van der Waals surface area contributed by atoms with Gasteiger partial charge in [-0.2, -0.15) is 0 Å². The van der Waals surface area contributed by atoms with Gasteiger partial charge < -0.3 is 10.1 Å². The summed E-state index contributed by atoms with van der Waals surface area (Å²) in [4.78, 5) is 7.87. The minimum absolute atomic E-state index is 0.469. The molecule has 6 nitrogen and oxygen atoms in total. The fourth-order valence-corrected chi connectivity index (χ4v) is 0.868. The van der Waals surface area contributed by atoms with Crippen LogP contribution in [0.5, 0.6) is 5.88 Å². The van der Waals surface area contributed by atoms with E-state index < -0.39 is 0 Å². The van der Waals surface area contributed by atoms with Crippen molar-refractivity contribution in [3.05, 3.63) is 18.3 Å². The van der Waals surface area contributed by atoms with Gasteiger partial charge in [-0.05, 0) is 6.07 Å². The van der Waals surface area contributed by atoms with Crippen LogP contribution in [0.3, 0.4) is 0 Å². The van der Waals surface area contributed by atoms with E-state index in [9.17, 15) is 0 Å². The molecule has 0 saturated heterocycles. The summed E-state index contributed by atoms with van der Waals surface area (Å²) in [5.74, 6) is 6.23. The van der Waals surface area contributed by atoms with Gasteiger partial charge in [0.2, 0.25) is 11.8 Å². The summed E-state index contributed by atoms with van der Waals surface area (Å²) >= 11 is 0. The molecule has 76 valence electrons. The minimum Gasteiger partial charge on any atom is -0.481 e. The van der Waals surface area contributed by atoms with Gasteiger partial charge in [0, 0.05) is 13.1 Å². The summed E-state index contributed by atoms with van der Waals surface area (Å²) in [6, 6.07) is 3.56. The molecule has 0 radical (unpaired) electrons. The first-order valence-corrected chi connectivity index (χ1v) is 4.00. The number of guanidine groups is 1. The van der Waals surface area contributed by atoms with E-state index in [1.165, 1.54) is 0 Å². The van der Waals surface area contributed by atoms with Gasteiger partial charge in [0.1, 0.15) is 0 Å². The molecule has 1 heterocycles. The average Bonchev–Trinajstić information content (AvgIpc) is 2.26. The first-order valence-electron chi connectivity index (χ1n) is 4.00. The Morgan fingerprint density at radius 1 is 1.57 bits per heavy atom. The number of pyridine rings is 1. The third-order valence-electron chi connectivity index (χ3n) is 1.57. The van der Waals surface area contributed by atoms with Gasteiger partial charge in [0.05, 0.1) is 19.0 Å². The highest BCUT2D eigenvalue weighted by molar-refractivity contribution is 5.92. The van der Waals surface area contributed by atoms with Crippen LogP contribution in [0.15, 0.2) is 23.3 Å². The standard InChI is InChI=1S/C8H13N5O/c1-10-8(13-9)12-6-3-4-7(14-2)11-5-6/h3-5H,9H2,1-2H3,(H2,10,12,13). The molecule has 0 amide bonds. The molecule has 0 spiro atoms. The first kappa shape index (κ1) is 10.3. The number of anilines is 1. The van der Waals surface area contributed by atoms with Crippen LogP contribution in [0.25, 0.3) is 0 Å². The summed E-state index contributed by atoms with van der Waals surface area (Å²) < 4.78 is 4.92. The molecular formula is C8H13N5O. The molecule has 0 unspecified atom stereocenters. The number of hydrazine groups is 1. The van der Waals surface area contributed by atoms with E-state index in [0.717, 1.165) is 5.69 Å². The van der Waals surface area contributed by atoms with Gasteiger partial charge in [-0.15, -0.1) is 0 Å². The van der Waals surface area contributed by atoms with Crippen LogP contribution < -0.4 is 21.3 Å². The fraction of sp³-hybridized carbons (Fsp3) is 0.250. The summed E-state index contributed by atoms with van der Waals surface area (Å²) in [6.45, 7) is 0. The van der Waals surface area contributed by atoms with Crippen LogP contribution in [-0.2, 0) is 0 Å². The summed E-state index contributed by atoms with van der Waals surface area (Å²) in [6.07, 6.45) is 1.63.